The van der Waals surface area contributed by atoms with Gasteiger partial charge in [-0.2, -0.15) is 8.78 Å². The molecule has 8 heteroatoms. The summed E-state index contributed by atoms with van der Waals surface area (Å²) in [5.74, 6) is 1.21. The zero-order chi connectivity index (χ0) is 29.6. The first-order valence-corrected chi connectivity index (χ1v) is 12.5. The Balaban J connectivity index is 1.46. The van der Waals surface area contributed by atoms with Gasteiger partial charge in [0.05, 0.1) is 0 Å². The largest absolute Gasteiger partial charge is 0.432 e. The third-order valence-corrected chi connectivity index (χ3v) is 5.90. The highest BCUT2D eigenvalue weighted by molar-refractivity contribution is 5.48. The van der Waals surface area contributed by atoms with E-state index in [1.165, 1.54) is 5.56 Å². The van der Waals surface area contributed by atoms with Crippen molar-refractivity contribution >= 4 is 0 Å². The van der Waals surface area contributed by atoms with Crippen molar-refractivity contribution < 1.29 is 35.5 Å². The van der Waals surface area contributed by atoms with Crippen molar-refractivity contribution in [1.29, 1.82) is 0 Å². The molecule has 0 radical (unpaired) electrons. The Morgan fingerprint density at radius 2 is 1.05 bits per heavy atom. The minimum Gasteiger partial charge on any atom is -0.429 e. The average molecular weight is 567 g/mol. The maximum Gasteiger partial charge on any atom is 0.432 e. The van der Waals surface area contributed by atoms with Crippen molar-refractivity contribution in [2.75, 3.05) is 0 Å². The zero-order valence-electron chi connectivity index (χ0n) is 21.6. The van der Waals surface area contributed by atoms with Crippen LogP contribution in [0.25, 0.3) is 0 Å². The van der Waals surface area contributed by atoms with Crippen molar-refractivity contribution in [3.63, 3.8) is 0 Å². The molecule has 0 unspecified atom stereocenters. The molecule has 0 N–H and O–H groups in total. The van der Waals surface area contributed by atoms with Gasteiger partial charge in [0.2, 0.25) is 0 Å². The zero-order valence-corrected chi connectivity index (χ0v) is 21.6. The van der Waals surface area contributed by atoms with E-state index in [2.05, 4.69) is 47.5 Å². The second-order valence-corrected chi connectivity index (χ2v) is 9.01. The first-order valence-electron chi connectivity index (χ1n) is 12.5. The standard InChI is InChI=1S/C33H21F7O/c1-2-3-4-21-5-7-22(8-6-21)9-10-23-11-13-24(14-12-23)15-16-25-17-27(34)31(28(35)18-25)33(39,40)41-26-19-29(36)32(38)30(37)20-26/h5-8,11-14,17-20H,2-4H2,1H3. The van der Waals surface area contributed by atoms with E-state index in [-0.39, 0.29) is 17.7 Å². The van der Waals surface area contributed by atoms with Gasteiger partial charge >= 0.3 is 6.11 Å². The van der Waals surface area contributed by atoms with Crippen molar-refractivity contribution in [2.24, 2.45) is 0 Å². The molecule has 0 fully saturated rings. The fourth-order valence-corrected chi connectivity index (χ4v) is 3.77. The Kier molecular flexibility index (Phi) is 9.04. The molecule has 0 aliphatic rings. The van der Waals surface area contributed by atoms with E-state index in [0.29, 0.717) is 17.7 Å². The maximum absolute atomic E-state index is 14.5. The van der Waals surface area contributed by atoms with Crippen LogP contribution in [0.4, 0.5) is 30.7 Å². The van der Waals surface area contributed by atoms with Crippen LogP contribution in [0.2, 0.25) is 0 Å². The molecular weight excluding hydrogens is 545 g/mol. The van der Waals surface area contributed by atoms with Crippen LogP contribution in [0, 0.1) is 52.8 Å². The van der Waals surface area contributed by atoms with Gasteiger partial charge in [0.25, 0.3) is 0 Å². The van der Waals surface area contributed by atoms with Crippen molar-refractivity contribution in [3.8, 4) is 29.4 Å². The minimum atomic E-state index is -4.68. The smallest absolute Gasteiger partial charge is 0.429 e. The van der Waals surface area contributed by atoms with Gasteiger partial charge in [-0.25, -0.2) is 22.0 Å². The fraction of sp³-hybridized carbons (Fsp3) is 0.152. The molecule has 208 valence electrons. The summed E-state index contributed by atoms with van der Waals surface area (Å²) >= 11 is 0. The quantitative estimate of drug-likeness (QED) is 0.129. The van der Waals surface area contributed by atoms with Crippen LogP contribution in [0.3, 0.4) is 0 Å². The lowest BCUT2D eigenvalue weighted by molar-refractivity contribution is -0.189. The van der Waals surface area contributed by atoms with Crippen LogP contribution in [0.15, 0.2) is 72.8 Å². The molecule has 0 bridgehead atoms. The Bertz CT molecular complexity index is 1620. The molecule has 1 nitrogen and oxygen atoms in total. The number of alkyl halides is 2. The summed E-state index contributed by atoms with van der Waals surface area (Å²) in [7, 11) is 0. The average Bonchev–Trinajstić information content (AvgIpc) is 2.93. The van der Waals surface area contributed by atoms with Crippen LogP contribution in [-0.4, -0.2) is 0 Å². The van der Waals surface area contributed by atoms with Gasteiger partial charge in [0, 0.05) is 34.4 Å². The molecule has 4 aromatic carbocycles. The topological polar surface area (TPSA) is 9.23 Å². The minimum absolute atomic E-state index is 0.129. The third kappa shape index (κ3) is 7.49. The van der Waals surface area contributed by atoms with Crippen molar-refractivity contribution in [3.05, 3.63) is 135 Å². The summed E-state index contributed by atoms with van der Waals surface area (Å²) in [6, 6.07) is 16.2. The van der Waals surface area contributed by atoms with Crippen molar-refractivity contribution in [2.45, 2.75) is 32.3 Å². The lowest BCUT2D eigenvalue weighted by Gasteiger charge is -2.19. The molecule has 0 saturated carbocycles. The van der Waals surface area contributed by atoms with E-state index in [9.17, 15) is 30.7 Å². The van der Waals surface area contributed by atoms with E-state index in [0.717, 1.165) is 30.4 Å². The van der Waals surface area contributed by atoms with Gasteiger partial charge in [0.15, 0.2) is 17.5 Å². The highest BCUT2D eigenvalue weighted by Gasteiger charge is 2.41. The normalized spacial score (nSPS) is 10.8. The molecular formula is C33H21F7O. The van der Waals surface area contributed by atoms with Crippen LogP contribution < -0.4 is 4.74 Å². The summed E-state index contributed by atoms with van der Waals surface area (Å²) < 4.78 is 102. The molecule has 4 rings (SSSR count). The van der Waals surface area contributed by atoms with Gasteiger partial charge in [-0.15, -0.1) is 0 Å². The Hall–Kier alpha value is -4.69. The predicted molar refractivity (Wildman–Crippen MR) is 141 cm³/mol. The number of unbranched alkanes of at least 4 members (excludes halogenated alkanes) is 1. The first-order chi connectivity index (χ1) is 19.6. The molecule has 0 aromatic heterocycles. The number of hydrogen-bond donors (Lipinski definition) is 0. The Morgan fingerprint density at radius 1 is 0.610 bits per heavy atom. The Labute approximate surface area is 232 Å². The van der Waals surface area contributed by atoms with Crippen LogP contribution in [0.5, 0.6) is 5.75 Å². The number of hydrogen-bond acceptors (Lipinski definition) is 1. The number of ether oxygens (including phenoxy) is 1. The van der Waals surface area contributed by atoms with Gasteiger partial charge in [-0.1, -0.05) is 49.2 Å². The molecule has 0 atom stereocenters. The number of aryl methyl sites for hydroxylation is 1. The number of benzene rings is 4. The summed E-state index contributed by atoms with van der Waals surface area (Å²) in [6.45, 7) is 2.14. The predicted octanol–water partition coefficient (Wildman–Crippen LogP) is 8.65. The van der Waals surface area contributed by atoms with Crippen LogP contribution in [0.1, 0.15) is 53.1 Å². The molecule has 0 amide bonds. The lowest BCUT2D eigenvalue weighted by Crippen LogP contribution is -2.25. The van der Waals surface area contributed by atoms with Crippen LogP contribution >= 0.6 is 0 Å². The molecule has 41 heavy (non-hydrogen) atoms. The molecule has 0 saturated heterocycles. The van der Waals surface area contributed by atoms with E-state index in [1.54, 1.807) is 24.3 Å². The van der Waals surface area contributed by atoms with E-state index in [1.807, 2.05) is 12.1 Å². The number of halogens is 7. The molecule has 0 aliphatic carbocycles. The molecule has 4 aromatic rings. The summed E-state index contributed by atoms with van der Waals surface area (Å²) in [4.78, 5) is 0. The summed E-state index contributed by atoms with van der Waals surface area (Å²) in [6.07, 6.45) is -1.39. The van der Waals surface area contributed by atoms with E-state index < -0.39 is 46.5 Å². The van der Waals surface area contributed by atoms with E-state index >= 15 is 0 Å². The summed E-state index contributed by atoms with van der Waals surface area (Å²) in [5.41, 5.74) is 1.28. The fourth-order valence-electron chi connectivity index (χ4n) is 3.77. The first kappa shape index (κ1) is 29.3. The highest BCUT2D eigenvalue weighted by Crippen LogP contribution is 2.36. The van der Waals surface area contributed by atoms with Crippen molar-refractivity contribution in [1.82, 2.24) is 0 Å². The van der Waals surface area contributed by atoms with Gasteiger partial charge in [0.1, 0.15) is 22.9 Å². The lowest BCUT2D eigenvalue weighted by atomic mass is 10.1. The molecule has 0 spiro atoms. The molecule has 0 aliphatic heterocycles. The monoisotopic (exact) mass is 566 g/mol. The van der Waals surface area contributed by atoms with Crippen LogP contribution in [-0.2, 0) is 12.5 Å². The third-order valence-electron chi connectivity index (χ3n) is 5.90. The van der Waals surface area contributed by atoms with Gasteiger partial charge < -0.3 is 4.74 Å². The highest BCUT2D eigenvalue weighted by atomic mass is 19.3. The summed E-state index contributed by atoms with van der Waals surface area (Å²) in [5, 5.41) is 0. The Morgan fingerprint density at radius 3 is 1.51 bits per heavy atom. The van der Waals surface area contributed by atoms with Gasteiger partial charge in [-0.3, -0.25) is 0 Å². The second kappa shape index (κ2) is 12.7. The SMILES string of the molecule is CCCCc1ccc(C#Cc2ccc(C#Cc3cc(F)c(C(F)(F)Oc4cc(F)c(F)c(F)c4)c(F)c3)cc2)cc1. The maximum atomic E-state index is 14.5. The second-order valence-electron chi connectivity index (χ2n) is 9.01. The number of rotatable bonds is 6. The van der Waals surface area contributed by atoms with Gasteiger partial charge in [-0.05, 0) is 66.9 Å². The van der Waals surface area contributed by atoms with E-state index in [4.69, 9.17) is 0 Å². The molecule has 0 heterocycles.